The molecule has 2 bridgehead atoms. The zero-order valence-electron chi connectivity index (χ0n) is 24.6. The molecule has 1 saturated heterocycles. The minimum absolute atomic E-state index is 0.0849. The Morgan fingerprint density at radius 3 is 2.51 bits per heavy atom. The van der Waals surface area contributed by atoms with Crippen molar-refractivity contribution in [3.05, 3.63) is 17.2 Å². The molecule has 2 heterocycles. The third kappa shape index (κ3) is 4.86. The molecule has 1 spiro atoms. The van der Waals surface area contributed by atoms with Gasteiger partial charge in [-0.3, -0.25) is 14.9 Å². The van der Waals surface area contributed by atoms with Gasteiger partial charge in [0, 0.05) is 34.7 Å². The van der Waals surface area contributed by atoms with E-state index in [4.69, 9.17) is 18.9 Å². The Bertz CT molecular complexity index is 1150. The molecule has 6 atom stereocenters. The van der Waals surface area contributed by atoms with Crippen molar-refractivity contribution < 1.29 is 33.6 Å². The van der Waals surface area contributed by atoms with Crippen LogP contribution in [0.1, 0.15) is 78.4 Å². The highest BCUT2D eigenvalue weighted by Gasteiger charge is 2.66. The summed E-state index contributed by atoms with van der Waals surface area (Å²) in [5, 5.41) is 14.5. The summed E-state index contributed by atoms with van der Waals surface area (Å²) >= 11 is 0. The van der Waals surface area contributed by atoms with E-state index in [9.17, 15) is 14.7 Å². The highest BCUT2D eigenvalue weighted by molar-refractivity contribution is 5.83. The molecule has 9 nitrogen and oxygen atoms in total. The summed E-state index contributed by atoms with van der Waals surface area (Å²) in [4.78, 5) is 28.7. The number of phenolic OH excluding ortho intramolecular Hbond substituents is 1. The van der Waals surface area contributed by atoms with E-state index in [1.165, 1.54) is 0 Å². The number of carbonyl (C=O) groups is 2. The average Bonchev–Trinajstić information content (AvgIpc) is 3.16. The monoisotopic (exact) mass is 544 g/mol. The summed E-state index contributed by atoms with van der Waals surface area (Å²) in [5.74, 6) is 0.722. The number of likely N-dealkylation sites (tertiary alicyclic amines) is 1. The number of hydrogen-bond acceptors (Lipinski definition) is 9. The molecule has 5 rings (SSSR count). The second-order valence-corrected chi connectivity index (χ2v) is 13.7. The van der Waals surface area contributed by atoms with E-state index in [0.29, 0.717) is 23.5 Å². The molecule has 39 heavy (non-hydrogen) atoms. The molecule has 0 unspecified atom stereocenters. The molecule has 1 aromatic carbocycles. The zero-order valence-corrected chi connectivity index (χ0v) is 24.6. The summed E-state index contributed by atoms with van der Waals surface area (Å²) in [6.45, 7) is 11.8. The van der Waals surface area contributed by atoms with Crippen molar-refractivity contribution in [1.29, 1.82) is 0 Å². The predicted molar refractivity (Wildman–Crippen MR) is 145 cm³/mol. The van der Waals surface area contributed by atoms with Crippen molar-refractivity contribution in [2.75, 3.05) is 20.7 Å². The number of piperidine rings is 1. The summed E-state index contributed by atoms with van der Waals surface area (Å²) < 4.78 is 23.7. The van der Waals surface area contributed by atoms with Crippen LogP contribution in [0.25, 0.3) is 0 Å². The number of ether oxygens (including phenoxy) is 4. The quantitative estimate of drug-likeness (QED) is 0.521. The third-order valence-electron chi connectivity index (χ3n) is 8.80. The van der Waals surface area contributed by atoms with Crippen LogP contribution in [-0.4, -0.2) is 78.1 Å². The first kappa shape index (κ1) is 28.0. The number of hydrogen-bond donors (Lipinski definition) is 2. The Morgan fingerprint density at radius 1 is 1.18 bits per heavy atom. The van der Waals surface area contributed by atoms with Crippen LogP contribution in [0.5, 0.6) is 17.2 Å². The van der Waals surface area contributed by atoms with E-state index in [1.807, 2.05) is 41.5 Å². The molecule has 0 aromatic heterocycles. The molecule has 4 aliphatic rings. The van der Waals surface area contributed by atoms with Crippen molar-refractivity contribution in [2.24, 2.45) is 5.92 Å². The summed E-state index contributed by atoms with van der Waals surface area (Å²) in [6.07, 6.45) is 3.00. The molecule has 9 heteroatoms. The van der Waals surface area contributed by atoms with Crippen LogP contribution in [0.3, 0.4) is 0 Å². The van der Waals surface area contributed by atoms with Crippen molar-refractivity contribution in [2.45, 2.75) is 114 Å². The van der Waals surface area contributed by atoms with E-state index in [1.54, 1.807) is 13.2 Å². The molecule has 2 aliphatic carbocycles. The Labute approximate surface area is 231 Å². The Morgan fingerprint density at radius 2 is 1.87 bits per heavy atom. The smallest absolute Gasteiger partial charge is 0.324 e. The fourth-order valence-corrected chi connectivity index (χ4v) is 7.53. The van der Waals surface area contributed by atoms with Gasteiger partial charge < -0.3 is 29.0 Å². The number of nitrogens with zero attached hydrogens (tertiary/aromatic N) is 1. The van der Waals surface area contributed by atoms with Gasteiger partial charge in [-0.05, 0) is 86.7 Å². The van der Waals surface area contributed by atoms with Gasteiger partial charge in [-0.15, -0.1) is 0 Å². The minimum atomic E-state index is -0.891. The van der Waals surface area contributed by atoms with E-state index >= 15 is 0 Å². The van der Waals surface area contributed by atoms with Crippen molar-refractivity contribution in [3.8, 4) is 17.2 Å². The molecule has 2 N–H and O–H groups in total. The standard InChI is InChI=1S/C30H44N2O7/c1-28(2,3)38-23(34)14-19(27(35)39-29(4,5)6)31-18-10-9-17-20-13-16-22(36-8)15-21(33)25-24(16)30(17,26(18)37-25)11-12-32(20)7/h15,17-20,26,31,33H,9-14H2,1-8H3/t17-,18+,19-,20+,26-,30-/m0/s1. The zero-order chi connectivity index (χ0) is 28.5. The van der Waals surface area contributed by atoms with Crippen LogP contribution in [0, 0.1) is 5.92 Å². The average molecular weight is 545 g/mol. The third-order valence-corrected chi connectivity index (χ3v) is 8.80. The number of benzene rings is 1. The predicted octanol–water partition coefficient (Wildman–Crippen LogP) is 3.47. The number of rotatable bonds is 6. The van der Waals surface area contributed by atoms with Crippen LogP contribution in [0.2, 0.25) is 0 Å². The number of likely N-dealkylation sites (N-methyl/N-ethyl adjacent to an activating group) is 1. The van der Waals surface area contributed by atoms with Gasteiger partial charge in [-0.25, -0.2) is 0 Å². The maximum Gasteiger partial charge on any atom is 0.324 e. The summed E-state index contributed by atoms with van der Waals surface area (Å²) in [5.41, 5.74) is 0.501. The van der Waals surface area contributed by atoms with Crippen LogP contribution in [0.4, 0.5) is 0 Å². The lowest BCUT2D eigenvalue weighted by Gasteiger charge is -2.59. The van der Waals surface area contributed by atoms with Crippen molar-refractivity contribution in [3.63, 3.8) is 0 Å². The lowest BCUT2D eigenvalue weighted by atomic mass is 9.51. The van der Waals surface area contributed by atoms with E-state index < -0.39 is 29.2 Å². The molecular formula is C30H44N2O7. The SMILES string of the molecule is COc1cc(O)c2c3c1C[C@@H]1[C@@H]4CC[C@@H](N[C@@H](CC(=O)OC(C)(C)C)C(=O)OC(C)(C)C)[C@H](O2)[C@]34CCN1C. The summed E-state index contributed by atoms with van der Waals surface area (Å²) in [7, 11) is 3.83. The molecule has 1 saturated carbocycles. The molecule has 0 amide bonds. The Hall–Kier alpha value is -2.52. The fraction of sp³-hybridized carbons (Fsp3) is 0.733. The van der Waals surface area contributed by atoms with Crippen molar-refractivity contribution in [1.82, 2.24) is 10.2 Å². The molecule has 216 valence electrons. The first-order chi connectivity index (χ1) is 18.1. The van der Waals surface area contributed by atoms with Gasteiger partial charge >= 0.3 is 11.9 Å². The van der Waals surface area contributed by atoms with Crippen LogP contribution in [-0.2, 0) is 30.9 Å². The number of carbonyl (C=O) groups excluding carboxylic acids is 2. The van der Waals surface area contributed by atoms with Gasteiger partial charge in [0.15, 0.2) is 11.5 Å². The van der Waals surface area contributed by atoms with Gasteiger partial charge in [-0.2, -0.15) is 0 Å². The number of aromatic hydroxyl groups is 1. The number of nitrogens with one attached hydrogen (secondary N) is 1. The van der Waals surface area contributed by atoms with Crippen LogP contribution in [0.15, 0.2) is 6.07 Å². The number of methoxy groups -OCH3 is 1. The molecule has 2 fully saturated rings. The fourth-order valence-electron chi connectivity index (χ4n) is 7.53. The van der Waals surface area contributed by atoms with Gasteiger partial charge in [-0.1, -0.05) is 0 Å². The van der Waals surface area contributed by atoms with Crippen molar-refractivity contribution >= 4 is 11.9 Å². The van der Waals surface area contributed by atoms with Gasteiger partial charge in [0.1, 0.15) is 29.1 Å². The van der Waals surface area contributed by atoms with E-state index in [2.05, 4.69) is 17.3 Å². The topological polar surface area (TPSA) is 107 Å². The van der Waals surface area contributed by atoms with Gasteiger partial charge in [0.25, 0.3) is 0 Å². The molecular weight excluding hydrogens is 500 g/mol. The maximum absolute atomic E-state index is 13.4. The van der Waals surface area contributed by atoms with E-state index in [-0.39, 0.29) is 29.7 Å². The molecule has 0 radical (unpaired) electrons. The lowest BCUT2D eigenvalue weighted by molar-refractivity contribution is -0.165. The summed E-state index contributed by atoms with van der Waals surface area (Å²) in [6, 6.07) is 0.879. The number of esters is 2. The van der Waals surface area contributed by atoms with Gasteiger partial charge in [0.05, 0.1) is 13.5 Å². The Balaban J connectivity index is 1.50. The molecule has 1 aromatic rings. The lowest BCUT2D eigenvalue weighted by Crippen LogP contribution is -2.69. The normalized spacial score (nSPS) is 30.2. The first-order valence-corrected chi connectivity index (χ1v) is 14.2. The van der Waals surface area contributed by atoms with E-state index in [0.717, 1.165) is 43.4 Å². The largest absolute Gasteiger partial charge is 0.504 e. The van der Waals surface area contributed by atoms with Crippen LogP contribution < -0.4 is 14.8 Å². The highest BCUT2D eigenvalue weighted by atomic mass is 16.6. The second-order valence-electron chi connectivity index (χ2n) is 13.7. The maximum atomic E-state index is 13.4. The minimum Gasteiger partial charge on any atom is -0.504 e. The second kappa shape index (κ2) is 9.54. The highest BCUT2D eigenvalue weighted by Crippen LogP contribution is 2.65. The molecule has 2 aliphatic heterocycles. The van der Waals surface area contributed by atoms with Crippen LogP contribution >= 0.6 is 0 Å². The first-order valence-electron chi connectivity index (χ1n) is 14.2. The number of phenols is 1. The van der Waals surface area contributed by atoms with Gasteiger partial charge in [0.2, 0.25) is 0 Å². The Kier molecular flexibility index (Phi) is 6.86.